The minimum absolute atomic E-state index is 0.00347. The van der Waals surface area contributed by atoms with Crippen LogP contribution in [-0.2, 0) is 129 Å². The van der Waals surface area contributed by atoms with Crippen LogP contribution >= 0.6 is 0 Å². The van der Waals surface area contributed by atoms with Gasteiger partial charge >= 0.3 is 12.1 Å². The second-order valence-electron chi connectivity index (χ2n) is 35.2. The van der Waals surface area contributed by atoms with E-state index in [-0.39, 0.29) is 75.3 Å². The number of hydrogen-bond donors (Lipinski definition) is 7. The van der Waals surface area contributed by atoms with Gasteiger partial charge in [0.15, 0.2) is 11.4 Å². The summed E-state index contributed by atoms with van der Waals surface area (Å²) in [6, 6.07) is 8.11. The maximum Gasteiger partial charge on any atom is 0.407 e. The molecule has 3 fully saturated rings. The first kappa shape index (κ1) is 109. The number of nitrogens with one attached hydrogen (secondary N) is 2. The van der Waals surface area contributed by atoms with E-state index in [1.807, 2.05) is 72.1 Å². The molecule has 4 aliphatic heterocycles. The van der Waals surface area contributed by atoms with Crippen LogP contribution in [-0.4, -0.2) is 349 Å². The highest BCUT2D eigenvalue weighted by Gasteiger charge is 2.50. The van der Waals surface area contributed by atoms with Gasteiger partial charge in [0, 0.05) is 101 Å². The molecule has 0 unspecified atom stereocenters. The number of carbonyl (C=O) groups excluding carboxylic acids is 7. The zero-order valence-electron chi connectivity index (χ0n) is 80.1. The monoisotopic (exact) mass is 1910 g/mol. The van der Waals surface area contributed by atoms with Gasteiger partial charge < -0.3 is 127 Å². The van der Waals surface area contributed by atoms with Gasteiger partial charge in [-0.2, -0.15) is 5.10 Å². The molecule has 5 aromatic rings. The quantitative estimate of drug-likeness (QED) is 0.00876. The fourth-order valence-corrected chi connectivity index (χ4v) is 17.3. The molecule has 2 saturated heterocycles. The Morgan fingerprint density at radius 2 is 1.29 bits per heavy atom. The van der Waals surface area contributed by atoms with Gasteiger partial charge in [0.1, 0.15) is 59.7 Å². The fourth-order valence-electron chi connectivity index (χ4n) is 17.3. The number of alkyl carbamates (subject to hydrolysis) is 1. The largest absolute Gasteiger partial charge is 0.459 e. The molecule has 10 rings (SSSR count). The third kappa shape index (κ3) is 35.2. The molecule has 136 heavy (non-hydrogen) atoms. The van der Waals surface area contributed by atoms with Crippen molar-refractivity contribution in [3.8, 4) is 11.3 Å². The zero-order chi connectivity index (χ0) is 97.0. The number of aliphatic hydroxyl groups is 3. The van der Waals surface area contributed by atoms with Crippen molar-refractivity contribution in [2.75, 3.05) is 198 Å². The van der Waals surface area contributed by atoms with Crippen molar-refractivity contribution in [1.29, 1.82) is 0 Å². The number of piperidine rings is 1. The van der Waals surface area contributed by atoms with Crippen molar-refractivity contribution < 1.29 is 129 Å². The average Bonchev–Trinajstić information content (AvgIpc) is 1.62. The van der Waals surface area contributed by atoms with Crippen LogP contribution in [0.4, 0.5) is 10.6 Å². The molecule has 1 aromatic carbocycles. The van der Waals surface area contributed by atoms with Crippen LogP contribution < -0.4 is 16.8 Å². The van der Waals surface area contributed by atoms with E-state index in [0.717, 1.165) is 44.6 Å². The van der Waals surface area contributed by atoms with E-state index in [0.29, 0.717) is 245 Å². The highest BCUT2D eigenvalue weighted by molar-refractivity contribution is 6.39. The molecule has 0 spiro atoms. The van der Waals surface area contributed by atoms with E-state index in [1.165, 1.54) is 32.0 Å². The smallest absolute Gasteiger partial charge is 0.407 e. The second-order valence-corrected chi connectivity index (χ2v) is 35.2. The Morgan fingerprint density at radius 3 is 1.91 bits per heavy atom. The maximum atomic E-state index is 14.6. The average molecular weight is 1910 g/mol. The lowest BCUT2D eigenvalue weighted by Crippen LogP contribution is -2.58. The number of ether oxygens (including phenoxy) is 17. The number of cyclic esters (lactones) is 1. The predicted molar refractivity (Wildman–Crippen MR) is 501 cm³/mol. The molecule has 38 nitrogen and oxygen atoms in total. The number of Topliss-reactive ketones (excluding diaryl/α,β-unsaturated/α-hetero) is 3. The number of rotatable bonds is 48. The number of ketones is 3. The number of fused-ring (bicyclic) bond motifs is 6. The number of nitrogens with zero attached hydrogens (tertiary/aromatic N) is 7. The van der Waals surface area contributed by atoms with E-state index in [9.17, 15) is 48.9 Å². The molecular weight excluding hydrogens is 1760 g/mol. The van der Waals surface area contributed by atoms with Crippen LogP contribution in [0, 0.1) is 23.7 Å². The SMILES string of the molecule is CO[C@H]1C[C@@H]2CCC[C@@](O)(O2)C(=O)C(=O)N2CCCC[C@H]2C(=O)O[C@H]([C@H](N)C[C@@H]2CC[C@@H](OC(=O)NCCOCCOCCOCCOCCOCCOCCOCCOCCOCCOCCOCCOCCC(=O)N3CCc4cc(Cn5nc(-c6cnc7[nH]ccc7c6)c6c(N)ncnc65)ccc4C3)[C@H](OC)C2)CC(=O)[C@H](C)/C=C(\C)[C@@H](O)[C@@H](O)C(=O)[C@H](C)C[C@H](C)/C=C/C=CC=C1C. The Morgan fingerprint density at radius 1 is 0.662 bits per heavy atom. The normalized spacial score (nSPS) is 24.8. The van der Waals surface area contributed by atoms with Gasteiger partial charge in [-0.3, -0.25) is 24.0 Å². The van der Waals surface area contributed by atoms with E-state index < -0.39 is 114 Å². The molecule has 3 amide bonds. The molecule has 38 heteroatoms. The number of carbonyl (C=O) groups is 7. The molecule has 0 radical (unpaired) electrons. The summed E-state index contributed by atoms with van der Waals surface area (Å²) in [5.41, 5.74) is 20.7. The first-order chi connectivity index (χ1) is 65.9. The number of methoxy groups -OCH3 is 2. The van der Waals surface area contributed by atoms with Crippen LogP contribution in [0.15, 0.2) is 96.7 Å². The standard InChI is InChI=1S/C98H145N11O27/c1-66-14-9-8-10-15-67(2)82(120-6)60-77-16-13-25-98(119,136-77)91(115)95(116)108-28-12-11-17-79(108)96(117)134-83(61-80(110)68(3)55-70(5)89(113)90(114)88(112)69(4)54-66)78(99)57-71-19-21-81(84(58-71)121-7)135-97(118)102-27-31-123-33-35-125-37-39-127-41-43-129-45-47-131-49-51-133-53-52-132-50-48-130-46-44-128-42-40-126-38-36-124-34-32-122-30-24-85(111)107-29-23-73-56-72(18-20-75(73)64-107)63-109-94-86(92(100)104-65-105-94)87(106-109)76-59-74-22-26-101-93(74)103-62-76/h8-10,14-15,18,20,22,26,55-56,59,62,65-66,68-69,71,77-79,81-84,89-90,113-114,119H,11-13,16-17,19,21,23-25,27-54,57-58,60-61,63-64,99H2,1-7H3,(H,101,103)(H,102,118)(H2,100,104,105)/b10-8?,14-9+,67-15?,70-55+/t66-,68-,69-,71+,77+,78-,79+,81-,82+,83+,84-,89-,90+,98-/m1/s1. The predicted octanol–water partition coefficient (Wildman–Crippen LogP) is 7.19. The molecule has 1 saturated carbocycles. The first-order valence-corrected chi connectivity index (χ1v) is 48.0. The second kappa shape index (κ2) is 58.9. The molecule has 5 aliphatic rings. The van der Waals surface area contributed by atoms with Gasteiger partial charge in [-0.15, -0.1) is 0 Å². The van der Waals surface area contributed by atoms with E-state index in [4.69, 9.17) is 97.1 Å². The number of aromatic nitrogens is 6. The number of esters is 1. The van der Waals surface area contributed by atoms with Crippen LogP contribution in [0.1, 0.15) is 141 Å². The summed E-state index contributed by atoms with van der Waals surface area (Å²) < 4.78 is 99.0. The number of allylic oxidation sites excluding steroid dienone is 6. The van der Waals surface area contributed by atoms with Crippen LogP contribution in [0.5, 0.6) is 0 Å². The number of nitrogens with two attached hydrogens (primary N) is 2. The number of aliphatic hydroxyl groups excluding tert-OH is 2. The van der Waals surface area contributed by atoms with E-state index in [1.54, 1.807) is 27.2 Å². The Balaban J connectivity index is 0.492. The summed E-state index contributed by atoms with van der Waals surface area (Å²) in [5.74, 6) is -8.05. The van der Waals surface area contributed by atoms with Crippen molar-refractivity contribution >= 4 is 69.1 Å². The van der Waals surface area contributed by atoms with Gasteiger partial charge in [-0.1, -0.05) is 75.4 Å². The number of amides is 3. The Kier molecular flexibility index (Phi) is 47.3. The van der Waals surface area contributed by atoms with E-state index >= 15 is 0 Å². The maximum absolute atomic E-state index is 14.6. The van der Waals surface area contributed by atoms with Crippen molar-refractivity contribution in [1.82, 2.24) is 44.8 Å². The van der Waals surface area contributed by atoms with Crippen molar-refractivity contribution in [2.45, 2.75) is 205 Å². The molecule has 14 atom stereocenters. The molecule has 1 aliphatic carbocycles. The van der Waals surface area contributed by atoms with Crippen molar-refractivity contribution in [3.63, 3.8) is 0 Å². The summed E-state index contributed by atoms with van der Waals surface area (Å²) in [6.07, 6.45) is 12.8. The minimum atomic E-state index is -2.47. The lowest BCUT2D eigenvalue weighted by molar-refractivity contribution is -0.245. The summed E-state index contributed by atoms with van der Waals surface area (Å²) in [7, 11) is 3.06. The minimum Gasteiger partial charge on any atom is -0.459 e. The third-order valence-corrected chi connectivity index (χ3v) is 25.0. The van der Waals surface area contributed by atoms with E-state index in [2.05, 4.69) is 43.5 Å². The summed E-state index contributed by atoms with van der Waals surface area (Å²) in [4.78, 5) is 117. The van der Waals surface area contributed by atoms with Gasteiger partial charge in [-0.25, -0.2) is 29.2 Å². The molecule has 4 aromatic heterocycles. The van der Waals surface area contributed by atoms with Crippen LogP contribution in [0.25, 0.3) is 33.3 Å². The first-order valence-electron chi connectivity index (χ1n) is 48.0. The Bertz CT molecular complexity index is 4640. The molecular formula is C98H145N11O27. The number of hydrogen-bond acceptors (Lipinski definition) is 33. The van der Waals surface area contributed by atoms with Crippen molar-refractivity contribution in [2.24, 2.45) is 29.4 Å². The molecule has 9 N–H and O–H groups in total. The number of anilines is 1. The van der Waals surface area contributed by atoms with Gasteiger partial charge in [0.2, 0.25) is 11.7 Å². The van der Waals surface area contributed by atoms with Crippen LogP contribution in [0.2, 0.25) is 0 Å². The number of pyridine rings is 1. The highest BCUT2D eigenvalue weighted by Crippen LogP contribution is 2.37. The molecule has 754 valence electrons. The molecule has 8 heterocycles. The lowest BCUT2D eigenvalue weighted by Gasteiger charge is -2.40. The number of benzene rings is 1. The van der Waals surface area contributed by atoms with Crippen LogP contribution in [0.3, 0.4) is 0 Å². The fraction of sp³-hybridized carbons (Fsp3) is 0.663. The Hall–Kier alpha value is -8.85. The van der Waals surface area contributed by atoms with Gasteiger partial charge in [0.25, 0.3) is 11.7 Å². The molecule has 2 bridgehead atoms. The summed E-state index contributed by atoms with van der Waals surface area (Å²) >= 11 is 0. The highest BCUT2D eigenvalue weighted by atomic mass is 16.6. The number of nitrogen functional groups attached to an aromatic ring is 1. The summed E-state index contributed by atoms with van der Waals surface area (Å²) in [5, 5.41) is 43.6. The van der Waals surface area contributed by atoms with Gasteiger partial charge in [-0.05, 0) is 136 Å². The van der Waals surface area contributed by atoms with Crippen molar-refractivity contribution in [3.05, 3.63) is 113 Å². The third-order valence-electron chi connectivity index (χ3n) is 25.0. The number of aromatic amines is 1. The summed E-state index contributed by atoms with van der Waals surface area (Å²) in [6.45, 7) is 19.8. The lowest BCUT2D eigenvalue weighted by atomic mass is 9.80. The van der Waals surface area contributed by atoms with Gasteiger partial charge in [0.05, 0.1) is 195 Å². The zero-order valence-corrected chi connectivity index (χ0v) is 80.1. The number of H-pyrrole nitrogens is 1. The topological polar surface area (TPSA) is 480 Å². The Labute approximate surface area is 796 Å².